The number of aryl methyl sites for hydroxylation is 1. The number of hydrogen-bond donors (Lipinski definition) is 2. The Morgan fingerprint density at radius 3 is 2.88 bits per heavy atom. The van der Waals surface area contributed by atoms with Gasteiger partial charge in [0, 0.05) is 38.0 Å². The van der Waals surface area contributed by atoms with Crippen LogP contribution in [0.15, 0.2) is 24.3 Å². The van der Waals surface area contributed by atoms with Crippen LogP contribution in [-0.2, 0) is 9.47 Å². The highest BCUT2D eigenvalue weighted by atomic mass is 16.5. The van der Waals surface area contributed by atoms with Crippen LogP contribution >= 0.6 is 0 Å². The van der Waals surface area contributed by atoms with Gasteiger partial charge in [-0.1, -0.05) is 12.1 Å². The minimum absolute atomic E-state index is 0.232. The van der Waals surface area contributed by atoms with Crippen LogP contribution < -0.4 is 5.32 Å². The molecule has 2 atom stereocenters. The average molecular weight is 348 g/mol. The van der Waals surface area contributed by atoms with Crippen molar-refractivity contribution in [1.82, 2.24) is 4.90 Å². The van der Waals surface area contributed by atoms with Gasteiger partial charge in [-0.25, -0.2) is 0 Å². The number of β-amino-alcohol motifs (C(OH)–C–C–N with tert-alkyl or cyclic N) is 1. The third-order valence-corrected chi connectivity index (χ3v) is 5.08. The van der Waals surface area contributed by atoms with Crippen LogP contribution in [0.5, 0.6) is 0 Å². The van der Waals surface area contributed by atoms with Crippen molar-refractivity contribution >= 4 is 5.69 Å². The maximum atomic E-state index is 10.2. The second-order valence-electron chi connectivity index (χ2n) is 7.42. The molecule has 2 heterocycles. The van der Waals surface area contributed by atoms with Gasteiger partial charge in [0.2, 0.25) is 0 Å². The molecule has 0 radical (unpaired) electrons. The van der Waals surface area contributed by atoms with Crippen LogP contribution in [-0.4, -0.2) is 67.7 Å². The van der Waals surface area contributed by atoms with Crippen molar-refractivity contribution in [3.8, 4) is 0 Å². The van der Waals surface area contributed by atoms with Crippen molar-refractivity contribution < 1.29 is 14.6 Å². The Hall–Kier alpha value is -1.14. The molecule has 5 nitrogen and oxygen atoms in total. The summed E-state index contributed by atoms with van der Waals surface area (Å²) in [4.78, 5) is 2.34. The summed E-state index contributed by atoms with van der Waals surface area (Å²) >= 11 is 0. The lowest BCUT2D eigenvalue weighted by Crippen LogP contribution is -2.43. The Labute approximate surface area is 151 Å². The third kappa shape index (κ3) is 6.26. The van der Waals surface area contributed by atoms with E-state index >= 15 is 0 Å². The van der Waals surface area contributed by atoms with Crippen LogP contribution in [0.1, 0.15) is 31.2 Å². The van der Waals surface area contributed by atoms with E-state index in [0.717, 1.165) is 45.4 Å². The van der Waals surface area contributed by atoms with Gasteiger partial charge in [-0.15, -0.1) is 0 Å². The fourth-order valence-electron chi connectivity index (χ4n) is 3.69. The maximum Gasteiger partial charge on any atom is 0.0900 e. The molecule has 0 spiro atoms. The SMILES string of the molecule is Cc1cccc(NC2CCN(C[C@@H](O)COC[C@@H]3CCCO3)CC2)c1. The van der Waals surface area contributed by atoms with Crippen molar-refractivity contribution in [3.63, 3.8) is 0 Å². The van der Waals surface area contributed by atoms with Crippen LogP contribution in [0.3, 0.4) is 0 Å². The summed E-state index contributed by atoms with van der Waals surface area (Å²) < 4.78 is 11.1. The summed E-state index contributed by atoms with van der Waals surface area (Å²) in [6.07, 6.45) is 4.24. The van der Waals surface area contributed by atoms with Crippen LogP contribution in [0.4, 0.5) is 5.69 Å². The molecule has 2 aliphatic heterocycles. The first-order chi connectivity index (χ1) is 12.2. The second-order valence-corrected chi connectivity index (χ2v) is 7.42. The first-order valence-electron chi connectivity index (χ1n) is 9.62. The molecule has 3 rings (SSSR count). The van der Waals surface area contributed by atoms with E-state index in [4.69, 9.17) is 9.47 Å². The molecule has 25 heavy (non-hydrogen) atoms. The summed E-state index contributed by atoms with van der Waals surface area (Å²) in [5.74, 6) is 0. The largest absolute Gasteiger partial charge is 0.389 e. The number of rotatable bonds is 8. The average Bonchev–Trinajstić information content (AvgIpc) is 3.10. The van der Waals surface area contributed by atoms with Crippen molar-refractivity contribution in [2.45, 2.75) is 50.9 Å². The molecule has 2 saturated heterocycles. The normalized spacial score (nSPS) is 23.7. The first kappa shape index (κ1) is 18.6. The Morgan fingerprint density at radius 1 is 1.32 bits per heavy atom. The zero-order valence-electron chi connectivity index (χ0n) is 15.3. The van der Waals surface area contributed by atoms with Crippen molar-refractivity contribution in [2.75, 3.05) is 44.8 Å². The van der Waals surface area contributed by atoms with E-state index in [-0.39, 0.29) is 6.10 Å². The lowest BCUT2D eigenvalue weighted by Gasteiger charge is -2.34. The van der Waals surface area contributed by atoms with Gasteiger partial charge in [0.05, 0.1) is 25.4 Å². The van der Waals surface area contributed by atoms with Crippen LogP contribution in [0.2, 0.25) is 0 Å². The van der Waals surface area contributed by atoms with Gasteiger partial charge in [0.25, 0.3) is 0 Å². The molecular weight excluding hydrogens is 316 g/mol. The Balaban J connectivity index is 1.30. The molecule has 2 N–H and O–H groups in total. The zero-order valence-corrected chi connectivity index (χ0v) is 15.3. The highest BCUT2D eigenvalue weighted by Gasteiger charge is 2.21. The quantitative estimate of drug-likeness (QED) is 0.756. The van der Waals surface area contributed by atoms with E-state index in [0.29, 0.717) is 25.8 Å². The Kier molecular flexibility index (Phi) is 7.11. The molecule has 1 aromatic rings. The highest BCUT2D eigenvalue weighted by Crippen LogP contribution is 2.18. The van der Waals surface area contributed by atoms with E-state index in [1.54, 1.807) is 0 Å². The van der Waals surface area contributed by atoms with Gasteiger partial charge in [-0.2, -0.15) is 0 Å². The predicted octanol–water partition coefficient (Wildman–Crippen LogP) is 2.43. The van der Waals surface area contributed by atoms with Crippen LogP contribution in [0.25, 0.3) is 0 Å². The van der Waals surface area contributed by atoms with Crippen molar-refractivity contribution in [1.29, 1.82) is 0 Å². The molecule has 0 saturated carbocycles. The number of likely N-dealkylation sites (tertiary alicyclic amines) is 1. The number of piperidine rings is 1. The lowest BCUT2D eigenvalue weighted by molar-refractivity contribution is -0.0265. The number of ether oxygens (including phenoxy) is 2. The fraction of sp³-hybridized carbons (Fsp3) is 0.700. The number of nitrogens with zero attached hydrogens (tertiary/aromatic N) is 1. The molecule has 2 aliphatic rings. The van der Waals surface area contributed by atoms with E-state index in [2.05, 4.69) is 41.4 Å². The van der Waals surface area contributed by atoms with E-state index in [1.807, 2.05) is 0 Å². The number of benzene rings is 1. The zero-order chi connectivity index (χ0) is 17.5. The number of anilines is 1. The molecular formula is C20H32N2O3. The predicted molar refractivity (Wildman–Crippen MR) is 100 cm³/mol. The smallest absolute Gasteiger partial charge is 0.0900 e. The van der Waals surface area contributed by atoms with Crippen LogP contribution in [0, 0.1) is 6.92 Å². The number of nitrogens with one attached hydrogen (secondary N) is 1. The van der Waals surface area contributed by atoms with Gasteiger partial charge in [-0.3, -0.25) is 0 Å². The molecule has 0 amide bonds. The fourth-order valence-corrected chi connectivity index (χ4v) is 3.69. The summed E-state index contributed by atoms with van der Waals surface area (Å²) in [6.45, 7) is 6.72. The standard InChI is InChI=1S/C20H32N2O3/c1-16-4-2-5-18(12-16)21-17-7-9-22(10-8-17)13-19(23)14-24-15-20-6-3-11-25-20/h2,4-5,12,17,19-21,23H,3,6-11,13-15H2,1H3/t19-,20+/m1/s1. The van der Waals surface area contributed by atoms with Gasteiger partial charge in [0.1, 0.15) is 0 Å². The minimum Gasteiger partial charge on any atom is -0.389 e. The molecule has 1 aromatic carbocycles. The summed E-state index contributed by atoms with van der Waals surface area (Å²) in [5, 5.41) is 13.8. The maximum absolute atomic E-state index is 10.2. The lowest BCUT2D eigenvalue weighted by atomic mass is 10.0. The van der Waals surface area contributed by atoms with Crippen molar-refractivity contribution in [2.24, 2.45) is 0 Å². The number of aliphatic hydroxyl groups is 1. The topological polar surface area (TPSA) is 54.0 Å². The second kappa shape index (κ2) is 9.53. The summed E-state index contributed by atoms with van der Waals surface area (Å²) in [6, 6.07) is 9.07. The number of hydrogen-bond acceptors (Lipinski definition) is 5. The van der Waals surface area contributed by atoms with Gasteiger partial charge in [-0.05, 0) is 50.3 Å². The Bertz CT molecular complexity index is 511. The summed E-state index contributed by atoms with van der Waals surface area (Å²) in [7, 11) is 0. The Morgan fingerprint density at radius 2 is 2.16 bits per heavy atom. The molecule has 0 unspecified atom stereocenters. The first-order valence-corrected chi connectivity index (χ1v) is 9.62. The van der Waals surface area contributed by atoms with Gasteiger partial charge >= 0.3 is 0 Å². The molecule has 0 aromatic heterocycles. The van der Waals surface area contributed by atoms with E-state index < -0.39 is 6.10 Å². The molecule has 0 aliphatic carbocycles. The molecule has 5 heteroatoms. The summed E-state index contributed by atoms with van der Waals surface area (Å²) in [5.41, 5.74) is 2.49. The third-order valence-electron chi connectivity index (χ3n) is 5.08. The molecule has 0 bridgehead atoms. The minimum atomic E-state index is -0.414. The van der Waals surface area contributed by atoms with E-state index in [9.17, 15) is 5.11 Å². The highest BCUT2D eigenvalue weighted by molar-refractivity contribution is 5.46. The molecule has 140 valence electrons. The monoisotopic (exact) mass is 348 g/mol. The van der Waals surface area contributed by atoms with Gasteiger partial charge in [0.15, 0.2) is 0 Å². The van der Waals surface area contributed by atoms with E-state index in [1.165, 1.54) is 11.3 Å². The molecule has 2 fully saturated rings. The number of aliphatic hydroxyl groups excluding tert-OH is 1. The van der Waals surface area contributed by atoms with Crippen molar-refractivity contribution in [3.05, 3.63) is 29.8 Å². The van der Waals surface area contributed by atoms with Gasteiger partial charge < -0.3 is 24.8 Å².